The molecule has 1 fully saturated rings. The Morgan fingerprint density at radius 3 is 2.51 bits per heavy atom. The Kier molecular flexibility index (Phi) is 7.32. The molecule has 11 heteroatoms. The van der Waals surface area contributed by atoms with Crippen molar-refractivity contribution in [1.82, 2.24) is 9.55 Å². The van der Waals surface area contributed by atoms with E-state index in [1.807, 2.05) is 15.7 Å². The second-order valence-corrected chi connectivity index (χ2v) is 9.82. The minimum atomic E-state index is -4.83. The minimum Gasteiger partial charge on any atom is -0.481 e. The van der Waals surface area contributed by atoms with Crippen molar-refractivity contribution in [1.29, 1.82) is 0 Å². The molecule has 5 rings (SSSR count). The number of carbonyl (C=O) groups excluding carboxylic acids is 1. The predicted molar refractivity (Wildman–Crippen MR) is 138 cm³/mol. The number of benzene rings is 2. The number of hydrogen-bond donors (Lipinski definition) is 2. The number of carboxylic acid groups (broad SMARTS) is 1. The molecule has 0 unspecified atom stereocenters. The van der Waals surface area contributed by atoms with Gasteiger partial charge >= 0.3 is 12.3 Å². The van der Waals surface area contributed by atoms with E-state index in [0.717, 1.165) is 43.5 Å². The highest BCUT2D eigenvalue weighted by molar-refractivity contribution is 6.03. The van der Waals surface area contributed by atoms with Crippen LogP contribution in [0.15, 0.2) is 60.9 Å². The zero-order valence-electron chi connectivity index (χ0n) is 20.9. The number of imidazole rings is 1. The first-order chi connectivity index (χ1) is 18.6. The van der Waals surface area contributed by atoms with Crippen LogP contribution in [0.25, 0.3) is 6.08 Å². The molecule has 0 saturated heterocycles. The Morgan fingerprint density at radius 2 is 1.82 bits per heavy atom. The van der Waals surface area contributed by atoms with Crippen LogP contribution in [-0.2, 0) is 11.5 Å². The summed E-state index contributed by atoms with van der Waals surface area (Å²) in [6.45, 7) is 0.431. The highest BCUT2D eigenvalue weighted by atomic mass is 19.4. The van der Waals surface area contributed by atoms with Crippen molar-refractivity contribution < 1.29 is 32.6 Å². The Balaban J connectivity index is 1.19. The molecule has 8 nitrogen and oxygen atoms in total. The molecule has 2 heterocycles. The standard InChI is InChI=1S/C28H27F3N4O4/c29-28(30,31)39-23-3-1-2-21(15-23)32-27(38)24-16-35-17-34(13-12-25(35)33-24)22-10-8-20(9-11-22)19-6-4-18(5-7-19)14-26(36)37/h1-3,8-13,15-16,18-19H,4-7,14,17H2,(H,32,38)(H,36,37). The number of nitrogens with one attached hydrogen (secondary N) is 1. The first-order valence-corrected chi connectivity index (χ1v) is 12.6. The molecule has 0 spiro atoms. The van der Waals surface area contributed by atoms with Crippen molar-refractivity contribution in [3.8, 4) is 5.75 Å². The number of carboxylic acids is 1. The monoisotopic (exact) mass is 540 g/mol. The van der Waals surface area contributed by atoms with E-state index in [2.05, 4.69) is 39.3 Å². The third-order valence-electron chi connectivity index (χ3n) is 7.08. The van der Waals surface area contributed by atoms with Crippen LogP contribution >= 0.6 is 0 Å². The number of anilines is 2. The highest BCUT2D eigenvalue weighted by Gasteiger charge is 2.31. The Hall–Kier alpha value is -4.28. The third kappa shape index (κ3) is 6.60. The summed E-state index contributed by atoms with van der Waals surface area (Å²) in [6, 6.07) is 13.4. The van der Waals surface area contributed by atoms with Gasteiger partial charge in [0.1, 0.15) is 23.9 Å². The zero-order chi connectivity index (χ0) is 27.6. The summed E-state index contributed by atoms with van der Waals surface area (Å²) in [5.74, 6) is -0.427. The normalized spacial score (nSPS) is 18.9. The summed E-state index contributed by atoms with van der Waals surface area (Å²) in [6.07, 6.45) is 4.53. The van der Waals surface area contributed by atoms with Crippen LogP contribution in [0.5, 0.6) is 5.75 Å². The number of hydrogen-bond acceptors (Lipinski definition) is 5. The number of aliphatic carboxylic acids is 1. The maximum Gasteiger partial charge on any atom is 0.573 e. The largest absolute Gasteiger partial charge is 0.573 e. The van der Waals surface area contributed by atoms with Gasteiger partial charge in [0.05, 0.1) is 0 Å². The smallest absolute Gasteiger partial charge is 0.481 e. The van der Waals surface area contributed by atoms with E-state index in [9.17, 15) is 22.8 Å². The summed E-state index contributed by atoms with van der Waals surface area (Å²) in [7, 11) is 0. The number of aromatic nitrogens is 2. The van der Waals surface area contributed by atoms with Crippen molar-refractivity contribution in [3.63, 3.8) is 0 Å². The van der Waals surface area contributed by atoms with Gasteiger partial charge in [-0.1, -0.05) is 18.2 Å². The number of carbonyl (C=O) groups is 2. The van der Waals surface area contributed by atoms with Crippen molar-refractivity contribution in [2.24, 2.45) is 5.92 Å². The lowest BCUT2D eigenvalue weighted by Crippen LogP contribution is -2.23. The molecule has 2 N–H and O–H groups in total. The van der Waals surface area contributed by atoms with E-state index in [1.165, 1.54) is 17.7 Å². The summed E-state index contributed by atoms with van der Waals surface area (Å²) >= 11 is 0. The number of alkyl halides is 3. The number of nitrogens with zero attached hydrogens (tertiary/aromatic N) is 3. The van der Waals surface area contributed by atoms with Gasteiger partial charge in [-0.3, -0.25) is 9.59 Å². The molecule has 2 aromatic carbocycles. The predicted octanol–water partition coefficient (Wildman–Crippen LogP) is 6.23. The number of fused-ring (bicyclic) bond motifs is 1. The lowest BCUT2D eigenvalue weighted by atomic mass is 9.77. The van der Waals surface area contributed by atoms with Gasteiger partial charge in [-0.25, -0.2) is 4.98 Å². The molecule has 3 aromatic rings. The summed E-state index contributed by atoms with van der Waals surface area (Å²) in [4.78, 5) is 30.1. The molecule has 1 aliphatic carbocycles. The van der Waals surface area contributed by atoms with E-state index in [1.54, 1.807) is 12.3 Å². The van der Waals surface area contributed by atoms with Gasteiger partial charge in [-0.05, 0) is 73.4 Å². The van der Waals surface area contributed by atoms with E-state index >= 15 is 0 Å². The van der Waals surface area contributed by atoms with Gasteiger partial charge < -0.3 is 24.6 Å². The van der Waals surface area contributed by atoms with Crippen LogP contribution in [-0.4, -0.2) is 32.9 Å². The second-order valence-electron chi connectivity index (χ2n) is 9.82. The van der Waals surface area contributed by atoms with Crippen LogP contribution < -0.4 is 15.0 Å². The van der Waals surface area contributed by atoms with E-state index in [0.29, 0.717) is 18.4 Å². The van der Waals surface area contributed by atoms with Gasteiger partial charge in [-0.15, -0.1) is 13.2 Å². The molecule has 1 aliphatic heterocycles. The minimum absolute atomic E-state index is 0.132. The highest BCUT2D eigenvalue weighted by Crippen LogP contribution is 2.37. The fourth-order valence-electron chi connectivity index (χ4n) is 5.17. The number of ether oxygens (including phenoxy) is 1. The van der Waals surface area contributed by atoms with E-state index in [-0.39, 0.29) is 23.7 Å². The first kappa shape index (κ1) is 26.3. The van der Waals surface area contributed by atoms with Gasteiger partial charge in [0.25, 0.3) is 5.91 Å². The molecule has 0 bridgehead atoms. The van der Waals surface area contributed by atoms with Crippen LogP contribution in [0.3, 0.4) is 0 Å². The molecule has 204 valence electrons. The molecule has 39 heavy (non-hydrogen) atoms. The zero-order valence-corrected chi connectivity index (χ0v) is 20.9. The second kappa shape index (κ2) is 10.8. The third-order valence-corrected chi connectivity index (χ3v) is 7.08. The van der Waals surface area contributed by atoms with Crippen molar-refractivity contribution in [2.75, 3.05) is 10.2 Å². The average Bonchev–Trinajstić information content (AvgIpc) is 3.32. The molecule has 1 aromatic heterocycles. The van der Waals surface area contributed by atoms with Crippen LogP contribution in [0, 0.1) is 5.92 Å². The molecule has 2 aliphatic rings. The van der Waals surface area contributed by atoms with E-state index in [4.69, 9.17) is 5.11 Å². The topological polar surface area (TPSA) is 96.7 Å². The summed E-state index contributed by atoms with van der Waals surface area (Å²) in [5, 5.41) is 11.6. The molecule has 0 radical (unpaired) electrons. The lowest BCUT2D eigenvalue weighted by Gasteiger charge is -2.29. The first-order valence-electron chi connectivity index (χ1n) is 12.6. The van der Waals surface area contributed by atoms with Crippen LogP contribution in [0.1, 0.15) is 59.9 Å². The maximum atomic E-state index is 12.7. The fourth-order valence-corrected chi connectivity index (χ4v) is 5.17. The molecule has 0 atom stereocenters. The number of halogens is 3. The van der Waals surface area contributed by atoms with E-state index < -0.39 is 24.0 Å². The lowest BCUT2D eigenvalue weighted by molar-refractivity contribution is -0.274. The Bertz CT molecular complexity index is 1380. The SMILES string of the molecule is O=C(O)CC1CCC(c2ccc(N3C=Cc4nc(C(=O)Nc5cccc(OC(F)(F)F)c5)cn4C3)cc2)CC1. The molecule has 1 amide bonds. The van der Waals surface area contributed by atoms with Crippen molar-refractivity contribution in [3.05, 3.63) is 78.0 Å². The van der Waals surface area contributed by atoms with Gasteiger partial charge in [-0.2, -0.15) is 0 Å². The Labute approximate surface area is 222 Å². The quantitative estimate of drug-likeness (QED) is 0.369. The van der Waals surface area contributed by atoms with Gasteiger partial charge in [0.2, 0.25) is 0 Å². The molecular weight excluding hydrogens is 513 g/mol. The van der Waals surface area contributed by atoms with Crippen molar-refractivity contribution in [2.45, 2.75) is 51.1 Å². The summed E-state index contributed by atoms with van der Waals surface area (Å²) < 4.78 is 43.2. The fraction of sp³-hybridized carbons (Fsp3) is 0.321. The maximum absolute atomic E-state index is 12.7. The number of rotatable bonds is 7. The Morgan fingerprint density at radius 1 is 1.08 bits per heavy atom. The molecule has 1 saturated carbocycles. The van der Waals surface area contributed by atoms with Gasteiger partial charge in [0, 0.05) is 36.3 Å². The van der Waals surface area contributed by atoms with Crippen molar-refractivity contribution >= 4 is 29.3 Å². The summed E-state index contributed by atoms with van der Waals surface area (Å²) in [5.41, 5.74) is 2.51. The van der Waals surface area contributed by atoms with Crippen LogP contribution in [0.2, 0.25) is 0 Å². The van der Waals surface area contributed by atoms with Crippen LogP contribution in [0.4, 0.5) is 24.5 Å². The molecular formula is C28H27F3N4O4. The number of amides is 1. The average molecular weight is 541 g/mol. The van der Waals surface area contributed by atoms with Gasteiger partial charge in [0.15, 0.2) is 0 Å².